The van der Waals surface area contributed by atoms with Gasteiger partial charge in [-0.2, -0.15) is 0 Å². The van der Waals surface area contributed by atoms with Gasteiger partial charge in [0.25, 0.3) is 5.69 Å². The van der Waals surface area contributed by atoms with Gasteiger partial charge in [-0.3, -0.25) is 10.1 Å². The standard InChI is InChI=1S/C10H11BrINO3/c1-16-6-8(11)4-7-2-3-9(12)5-10(7)13(14)15/h2-3,5,8H,4,6H2,1H3. The number of nitro benzene ring substituents is 1. The van der Waals surface area contributed by atoms with Gasteiger partial charge in [0.2, 0.25) is 0 Å². The first-order valence-electron chi connectivity index (χ1n) is 4.60. The molecule has 1 unspecified atom stereocenters. The van der Waals surface area contributed by atoms with Crippen LogP contribution in [0.1, 0.15) is 5.56 Å². The van der Waals surface area contributed by atoms with Crippen LogP contribution in [0, 0.1) is 13.7 Å². The van der Waals surface area contributed by atoms with Crippen LogP contribution in [0.25, 0.3) is 0 Å². The molecule has 0 aliphatic carbocycles. The lowest BCUT2D eigenvalue weighted by molar-refractivity contribution is -0.385. The van der Waals surface area contributed by atoms with E-state index < -0.39 is 0 Å². The first-order chi connectivity index (χ1) is 7.54. The molecule has 0 N–H and O–H groups in total. The summed E-state index contributed by atoms with van der Waals surface area (Å²) >= 11 is 5.49. The lowest BCUT2D eigenvalue weighted by Crippen LogP contribution is -2.11. The van der Waals surface area contributed by atoms with Crippen LogP contribution >= 0.6 is 38.5 Å². The second kappa shape index (κ2) is 6.51. The average molecular weight is 400 g/mol. The summed E-state index contributed by atoms with van der Waals surface area (Å²) in [7, 11) is 1.61. The van der Waals surface area contributed by atoms with Crippen molar-refractivity contribution in [3.63, 3.8) is 0 Å². The van der Waals surface area contributed by atoms with E-state index in [1.165, 1.54) is 0 Å². The van der Waals surface area contributed by atoms with Crippen LogP contribution in [0.4, 0.5) is 5.69 Å². The molecular formula is C10H11BrINO3. The van der Waals surface area contributed by atoms with E-state index in [1.54, 1.807) is 19.2 Å². The molecule has 0 amide bonds. The molecule has 0 aliphatic heterocycles. The van der Waals surface area contributed by atoms with Gasteiger partial charge in [0.05, 0.1) is 11.5 Å². The Morgan fingerprint density at radius 2 is 2.31 bits per heavy atom. The van der Waals surface area contributed by atoms with Gasteiger partial charge in [-0.05, 0) is 35.1 Å². The highest BCUT2D eigenvalue weighted by atomic mass is 127. The van der Waals surface area contributed by atoms with Gasteiger partial charge in [-0.1, -0.05) is 22.0 Å². The molecule has 0 aromatic heterocycles. The zero-order valence-electron chi connectivity index (χ0n) is 8.65. The van der Waals surface area contributed by atoms with Crippen LogP contribution in [-0.2, 0) is 11.2 Å². The Bertz CT molecular complexity index is 386. The third-order valence-corrected chi connectivity index (χ3v) is 3.29. The highest BCUT2D eigenvalue weighted by Gasteiger charge is 2.16. The SMILES string of the molecule is COCC(Br)Cc1ccc(I)cc1[N+](=O)[O-]. The van der Waals surface area contributed by atoms with Gasteiger partial charge in [0.1, 0.15) is 0 Å². The first-order valence-corrected chi connectivity index (χ1v) is 6.60. The first kappa shape index (κ1) is 13.9. The molecule has 0 spiro atoms. The van der Waals surface area contributed by atoms with Gasteiger partial charge in [0, 0.05) is 27.1 Å². The van der Waals surface area contributed by atoms with E-state index >= 15 is 0 Å². The highest BCUT2D eigenvalue weighted by molar-refractivity contribution is 14.1. The molecule has 16 heavy (non-hydrogen) atoms. The largest absolute Gasteiger partial charge is 0.384 e. The third kappa shape index (κ3) is 3.99. The Kier molecular flexibility index (Phi) is 5.63. The molecule has 0 saturated heterocycles. The molecule has 0 saturated carbocycles. The lowest BCUT2D eigenvalue weighted by Gasteiger charge is -2.09. The average Bonchev–Trinajstić information content (AvgIpc) is 2.20. The van der Waals surface area contributed by atoms with E-state index in [4.69, 9.17) is 4.74 Å². The minimum atomic E-state index is -0.343. The quantitative estimate of drug-likeness (QED) is 0.331. The molecule has 88 valence electrons. The second-order valence-corrected chi connectivity index (χ2v) is 5.83. The molecule has 0 bridgehead atoms. The summed E-state index contributed by atoms with van der Waals surface area (Å²) in [5.74, 6) is 0. The number of benzene rings is 1. The number of nitrogens with zero attached hydrogens (tertiary/aromatic N) is 1. The van der Waals surface area contributed by atoms with Crippen molar-refractivity contribution in [1.82, 2.24) is 0 Å². The van der Waals surface area contributed by atoms with Gasteiger partial charge in [-0.25, -0.2) is 0 Å². The molecule has 6 heteroatoms. The minimum absolute atomic E-state index is 0.0938. The summed E-state index contributed by atoms with van der Waals surface area (Å²) in [6.45, 7) is 0.531. The maximum Gasteiger partial charge on any atom is 0.273 e. The predicted molar refractivity (Wildman–Crippen MR) is 74.1 cm³/mol. The summed E-state index contributed by atoms with van der Waals surface area (Å²) in [5, 5.41) is 10.9. The molecule has 0 aliphatic rings. The fraction of sp³-hybridized carbons (Fsp3) is 0.400. The Morgan fingerprint density at radius 3 is 2.88 bits per heavy atom. The van der Waals surface area contributed by atoms with Crippen molar-refractivity contribution in [3.05, 3.63) is 37.4 Å². The zero-order valence-corrected chi connectivity index (χ0v) is 12.4. The van der Waals surface area contributed by atoms with Gasteiger partial charge in [0.15, 0.2) is 0 Å². The van der Waals surface area contributed by atoms with Crippen molar-refractivity contribution < 1.29 is 9.66 Å². The minimum Gasteiger partial charge on any atom is -0.384 e. The number of nitro groups is 1. The Labute approximate surface area is 116 Å². The number of hydrogen-bond donors (Lipinski definition) is 0. The molecule has 1 aromatic rings. The van der Waals surface area contributed by atoms with Crippen LogP contribution in [0.5, 0.6) is 0 Å². The Balaban J connectivity index is 2.90. The predicted octanol–water partition coefficient (Wildman–Crippen LogP) is 3.15. The van der Waals surface area contributed by atoms with Crippen molar-refractivity contribution in [1.29, 1.82) is 0 Å². The third-order valence-electron chi connectivity index (χ3n) is 2.03. The summed E-state index contributed by atoms with van der Waals surface area (Å²) < 4.78 is 5.85. The van der Waals surface area contributed by atoms with Crippen LogP contribution in [-0.4, -0.2) is 23.5 Å². The normalized spacial score (nSPS) is 12.4. The van der Waals surface area contributed by atoms with E-state index in [2.05, 4.69) is 38.5 Å². The van der Waals surface area contributed by atoms with Crippen LogP contribution in [0.15, 0.2) is 18.2 Å². The molecule has 4 nitrogen and oxygen atoms in total. The maximum atomic E-state index is 10.9. The zero-order chi connectivity index (χ0) is 12.1. The fourth-order valence-electron chi connectivity index (χ4n) is 1.36. The summed E-state index contributed by atoms with van der Waals surface area (Å²) in [5.41, 5.74) is 0.900. The number of alkyl halides is 1. The Hall–Kier alpha value is -0.210. The molecule has 1 atom stereocenters. The topological polar surface area (TPSA) is 52.4 Å². The molecule has 1 rings (SSSR count). The van der Waals surface area contributed by atoms with Crippen LogP contribution in [0.2, 0.25) is 0 Å². The fourth-order valence-corrected chi connectivity index (χ4v) is 2.45. The van der Waals surface area contributed by atoms with Crippen molar-refractivity contribution in [2.45, 2.75) is 11.2 Å². The number of ether oxygens (including phenoxy) is 1. The van der Waals surface area contributed by atoms with Gasteiger partial charge in [-0.15, -0.1) is 0 Å². The second-order valence-electron chi connectivity index (χ2n) is 3.29. The van der Waals surface area contributed by atoms with E-state index in [0.29, 0.717) is 13.0 Å². The highest BCUT2D eigenvalue weighted by Crippen LogP contribution is 2.24. The number of hydrogen-bond acceptors (Lipinski definition) is 3. The number of methoxy groups -OCH3 is 1. The van der Waals surface area contributed by atoms with Gasteiger partial charge < -0.3 is 4.74 Å². The van der Waals surface area contributed by atoms with Crippen molar-refractivity contribution >= 4 is 44.2 Å². The number of rotatable bonds is 5. The van der Waals surface area contributed by atoms with E-state index in [0.717, 1.165) is 9.13 Å². The summed E-state index contributed by atoms with van der Waals surface area (Å²) in [6, 6.07) is 5.25. The number of halogens is 2. The lowest BCUT2D eigenvalue weighted by atomic mass is 10.1. The van der Waals surface area contributed by atoms with Gasteiger partial charge >= 0.3 is 0 Å². The molecular weight excluding hydrogens is 389 g/mol. The molecule has 1 aromatic carbocycles. The maximum absolute atomic E-state index is 10.9. The van der Waals surface area contributed by atoms with E-state index in [9.17, 15) is 10.1 Å². The summed E-state index contributed by atoms with van der Waals surface area (Å²) in [4.78, 5) is 10.6. The van der Waals surface area contributed by atoms with Crippen LogP contribution in [0.3, 0.4) is 0 Å². The van der Waals surface area contributed by atoms with Crippen molar-refractivity contribution in [2.24, 2.45) is 0 Å². The molecule has 0 fully saturated rings. The monoisotopic (exact) mass is 399 g/mol. The molecule has 0 heterocycles. The van der Waals surface area contributed by atoms with E-state index in [-0.39, 0.29) is 15.4 Å². The smallest absolute Gasteiger partial charge is 0.273 e. The van der Waals surface area contributed by atoms with E-state index in [1.807, 2.05) is 6.07 Å². The van der Waals surface area contributed by atoms with Crippen molar-refractivity contribution in [2.75, 3.05) is 13.7 Å². The summed E-state index contributed by atoms with van der Waals surface area (Å²) in [6.07, 6.45) is 0.584. The Morgan fingerprint density at radius 1 is 1.62 bits per heavy atom. The van der Waals surface area contributed by atoms with Crippen molar-refractivity contribution in [3.8, 4) is 0 Å². The molecule has 0 radical (unpaired) electrons. The van der Waals surface area contributed by atoms with Crippen LogP contribution < -0.4 is 0 Å².